The van der Waals surface area contributed by atoms with E-state index in [2.05, 4.69) is 10.4 Å². The lowest BCUT2D eigenvalue weighted by Gasteiger charge is -2.20. The molecule has 0 radical (unpaired) electrons. The van der Waals surface area contributed by atoms with Gasteiger partial charge in [-0.05, 0) is 18.6 Å². The number of aromatic nitrogens is 2. The summed E-state index contributed by atoms with van der Waals surface area (Å²) in [4.78, 5) is 14.0. The average Bonchev–Trinajstić information content (AvgIpc) is 3.16. The molecule has 3 rings (SSSR count). The first-order valence-electron chi connectivity index (χ1n) is 7.39. The zero-order valence-electron chi connectivity index (χ0n) is 12.9. The SMILES string of the molecule is CN(Cc1cnn(-c2ccccc2)c1)C(=O)C1CC(O)CN1.Cl. The van der Waals surface area contributed by atoms with Crippen molar-refractivity contribution >= 4 is 18.3 Å². The third kappa shape index (κ3) is 4.10. The lowest BCUT2D eigenvalue weighted by Crippen LogP contribution is -2.41. The van der Waals surface area contributed by atoms with Gasteiger partial charge in [-0.3, -0.25) is 4.79 Å². The van der Waals surface area contributed by atoms with Crippen LogP contribution in [0, 0.1) is 0 Å². The number of hydrogen-bond acceptors (Lipinski definition) is 4. The van der Waals surface area contributed by atoms with Crippen LogP contribution in [0.4, 0.5) is 0 Å². The number of aliphatic hydroxyl groups excluding tert-OH is 1. The van der Waals surface area contributed by atoms with Gasteiger partial charge < -0.3 is 15.3 Å². The summed E-state index contributed by atoms with van der Waals surface area (Å²) in [6, 6.07) is 9.56. The van der Waals surface area contributed by atoms with Crippen molar-refractivity contribution in [1.29, 1.82) is 0 Å². The molecule has 1 aliphatic heterocycles. The van der Waals surface area contributed by atoms with Gasteiger partial charge in [0.25, 0.3) is 0 Å². The van der Waals surface area contributed by atoms with Crippen LogP contribution in [0.1, 0.15) is 12.0 Å². The third-order valence-corrected chi connectivity index (χ3v) is 3.86. The Balaban J connectivity index is 0.00000192. The molecule has 0 saturated carbocycles. The van der Waals surface area contributed by atoms with E-state index in [0.29, 0.717) is 19.5 Å². The predicted molar refractivity (Wildman–Crippen MR) is 89.7 cm³/mol. The number of carbonyl (C=O) groups is 1. The fraction of sp³-hybridized carbons (Fsp3) is 0.375. The Labute approximate surface area is 141 Å². The van der Waals surface area contributed by atoms with E-state index in [-0.39, 0.29) is 24.4 Å². The summed E-state index contributed by atoms with van der Waals surface area (Å²) < 4.78 is 1.80. The average molecular weight is 337 g/mol. The number of β-amino-alcohol motifs (C(OH)–C–C–N with tert-alkyl or cyclic N) is 1. The Morgan fingerprint density at radius 3 is 2.83 bits per heavy atom. The minimum Gasteiger partial charge on any atom is -0.392 e. The van der Waals surface area contributed by atoms with Crippen LogP contribution in [0.3, 0.4) is 0 Å². The first-order chi connectivity index (χ1) is 10.6. The second-order valence-corrected chi connectivity index (χ2v) is 5.67. The normalized spacial score (nSPS) is 20.1. The quantitative estimate of drug-likeness (QED) is 0.873. The summed E-state index contributed by atoms with van der Waals surface area (Å²) in [5.41, 5.74) is 1.96. The minimum absolute atomic E-state index is 0. The monoisotopic (exact) mass is 336 g/mol. The molecule has 1 aliphatic rings. The Hall–Kier alpha value is -1.89. The Bertz CT molecular complexity index is 647. The number of halogens is 1. The predicted octanol–water partition coefficient (Wildman–Crippen LogP) is 0.975. The third-order valence-electron chi connectivity index (χ3n) is 3.86. The highest BCUT2D eigenvalue weighted by Crippen LogP contribution is 2.12. The summed E-state index contributed by atoms with van der Waals surface area (Å²) in [5.74, 6) is 0.00371. The van der Waals surface area contributed by atoms with Crippen LogP contribution in [0.15, 0.2) is 42.7 Å². The maximum Gasteiger partial charge on any atom is 0.239 e. The zero-order valence-corrected chi connectivity index (χ0v) is 13.7. The number of hydrogen-bond donors (Lipinski definition) is 2. The van der Waals surface area contributed by atoms with E-state index >= 15 is 0 Å². The Morgan fingerprint density at radius 1 is 1.43 bits per heavy atom. The lowest BCUT2D eigenvalue weighted by molar-refractivity contribution is -0.132. The molecule has 0 aliphatic carbocycles. The number of likely N-dealkylation sites (N-methyl/N-ethyl adjacent to an activating group) is 1. The van der Waals surface area contributed by atoms with E-state index in [4.69, 9.17) is 0 Å². The van der Waals surface area contributed by atoms with Crippen molar-refractivity contribution in [2.75, 3.05) is 13.6 Å². The zero-order chi connectivity index (χ0) is 15.5. The van der Waals surface area contributed by atoms with Crippen molar-refractivity contribution in [3.05, 3.63) is 48.3 Å². The second kappa shape index (κ2) is 7.59. The van der Waals surface area contributed by atoms with Gasteiger partial charge in [-0.2, -0.15) is 5.10 Å². The van der Waals surface area contributed by atoms with Crippen molar-refractivity contribution < 1.29 is 9.90 Å². The molecule has 23 heavy (non-hydrogen) atoms. The largest absolute Gasteiger partial charge is 0.392 e. The number of amides is 1. The summed E-state index contributed by atoms with van der Waals surface area (Å²) in [7, 11) is 1.77. The summed E-state index contributed by atoms with van der Waals surface area (Å²) in [5, 5.41) is 16.9. The number of para-hydroxylation sites is 1. The van der Waals surface area contributed by atoms with Crippen LogP contribution in [-0.4, -0.2) is 51.4 Å². The topological polar surface area (TPSA) is 70.4 Å². The Morgan fingerprint density at radius 2 is 2.17 bits per heavy atom. The molecule has 1 aromatic carbocycles. The molecule has 0 bridgehead atoms. The fourth-order valence-electron chi connectivity index (χ4n) is 2.69. The smallest absolute Gasteiger partial charge is 0.239 e. The van der Waals surface area contributed by atoms with Gasteiger partial charge in [-0.15, -0.1) is 12.4 Å². The number of rotatable bonds is 4. The summed E-state index contributed by atoms with van der Waals surface area (Å²) >= 11 is 0. The molecule has 1 saturated heterocycles. The summed E-state index contributed by atoms with van der Waals surface area (Å²) in [6.07, 6.45) is 3.75. The van der Waals surface area contributed by atoms with Crippen LogP contribution in [0.5, 0.6) is 0 Å². The maximum atomic E-state index is 12.3. The van der Waals surface area contributed by atoms with Crippen LogP contribution in [0.2, 0.25) is 0 Å². The second-order valence-electron chi connectivity index (χ2n) is 5.67. The molecule has 2 heterocycles. The van der Waals surface area contributed by atoms with Gasteiger partial charge >= 0.3 is 0 Å². The van der Waals surface area contributed by atoms with Gasteiger partial charge in [-0.25, -0.2) is 4.68 Å². The molecule has 1 aromatic heterocycles. The number of aliphatic hydroxyl groups is 1. The van der Waals surface area contributed by atoms with Crippen molar-refractivity contribution in [2.24, 2.45) is 0 Å². The highest BCUT2D eigenvalue weighted by Gasteiger charge is 2.30. The molecule has 0 spiro atoms. The molecule has 2 atom stereocenters. The number of carbonyl (C=O) groups excluding carboxylic acids is 1. The van der Waals surface area contributed by atoms with Gasteiger partial charge in [0.05, 0.1) is 24.0 Å². The van der Waals surface area contributed by atoms with Gasteiger partial charge in [0.1, 0.15) is 0 Å². The standard InChI is InChI=1S/C16H20N4O2.ClH/c1-19(16(22)15-7-14(21)9-17-15)10-12-8-18-20(11-12)13-5-3-2-4-6-13;/h2-6,8,11,14-15,17,21H,7,9-10H2,1H3;1H. The Kier molecular flexibility index (Phi) is 5.76. The van der Waals surface area contributed by atoms with Gasteiger partial charge in [0.2, 0.25) is 5.91 Å². The molecule has 1 amide bonds. The van der Waals surface area contributed by atoms with Gasteiger partial charge in [0.15, 0.2) is 0 Å². The molecular weight excluding hydrogens is 316 g/mol. The molecular formula is C16H21ClN4O2. The van der Waals surface area contributed by atoms with E-state index < -0.39 is 6.10 Å². The number of nitrogens with one attached hydrogen (secondary N) is 1. The molecule has 2 unspecified atom stereocenters. The minimum atomic E-state index is -0.428. The van der Waals surface area contributed by atoms with Crippen molar-refractivity contribution in [1.82, 2.24) is 20.0 Å². The fourth-order valence-corrected chi connectivity index (χ4v) is 2.69. The van der Waals surface area contributed by atoms with Crippen molar-refractivity contribution in [3.63, 3.8) is 0 Å². The molecule has 1 fully saturated rings. The molecule has 2 aromatic rings. The van der Waals surface area contributed by atoms with Crippen molar-refractivity contribution in [3.8, 4) is 5.69 Å². The lowest BCUT2D eigenvalue weighted by atomic mass is 10.2. The maximum absolute atomic E-state index is 12.3. The van der Waals surface area contributed by atoms with E-state index in [0.717, 1.165) is 11.3 Å². The first-order valence-corrected chi connectivity index (χ1v) is 7.39. The first kappa shape index (κ1) is 17.5. The molecule has 7 heteroatoms. The molecule has 2 N–H and O–H groups in total. The van der Waals surface area contributed by atoms with Gasteiger partial charge in [-0.1, -0.05) is 18.2 Å². The van der Waals surface area contributed by atoms with Gasteiger partial charge in [0, 0.05) is 31.9 Å². The molecule has 124 valence electrons. The van der Waals surface area contributed by atoms with Crippen LogP contribution < -0.4 is 5.32 Å². The van der Waals surface area contributed by atoms with E-state index in [1.165, 1.54) is 0 Å². The summed E-state index contributed by atoms with van der Waals surface area (Å²) in [6.45, 7) is 0.982. The van der Waals surface area contributed by atoms with Crippen LogP contribution in [0.25, 0.3) is 5.69 Å². The molecule has 6 nitrogen and oxygen atoms in total. The van der Waals surface area contributed by atoms with E-state index in [1.807, 2.05) is 36.5 Å². The number of benzene rings is 1. The number of nitrogens with zero attached hydrogens (tertiary/aromatic N) is 3. The van der Waals surface area contributed by atoms with E-state index in [9.17, 15) is 9.90 Å². The van der Waals surface area contributed by atoms with E-state index in [1.54, 1.807) is 22.8 Å². The highest BCUT2D eigenvalue weighted by atomic mass is 35.5. The highest BCUT2D eigenvalue weighted by molar-refractivity contribution is 5.85. The van der Waals surface area contributed by atoms with Crippen molar-refractivity contribution in [2.45, 2.75) is 25.1 Å². The van der Waals surface area contributed by atoms with Crippen LogP contribution >= 0.6 is 12.4 Å². The van der Waals surface area contributed by atoms with Crippen LogP contribution in [-0.2, 0) is 11.3 Å².